The Morgan fingerprint density at radius 1 is 1.00 bits per heavy atom. The van der Waals surface area contributed by atoms with Gasteiger partial charge in [0.05, 0.1) is 15.1 Å². The second-order valence-corrected chi connectivity index (χ2v) is 7.53. The van der Waals surface area contributed by atoms with E-state index >= 15 is 0 Å². The fourth-order valence-electron chi connectivity index (χ4n) is 1.66. The van der Waals surface area contributed by atoms with Crippen LogP contribution in [-0.4, -0.2) is 23.0 Å². The summed E-state index contributed by atoms with van der Waals surface area (Å²) in [5.74, 6) is -0.362. The Bertz CT molecular complexity index is 584. The van der Waals surface area contributed by atoms with E-state index in [0.29, 0.717) is 0 Å². The van der Waals surface area contributed by atoms with E-state index in [1.54, 1.807) is 34.6 Å². The van der Waals surface area contributed by atoms with Crippen molar-refractivity contribution in [2.24, 2.45) is 0 Å². The smallest absolute Gasteiger partial charge is 0.408 e. The number of halogens is 3. The number of carbonyl (C=O) groups is 2. The van der Waals surface area contributed by atoms with Gasteiger partial charge in [-0.15, -0.1) is 0 Å². The van der Waals surface area contributed by atoms with Crippen molar-refractivity contribution in [2.75, 3.05) is 0 Å². The second kappa shape index (κ2) is 6.65. The molecule has 1 aromatic carbocycles. The minimum absolute atomic E-state index is 0.172. The molecule has 0 heterocycles. The number of ether oxygens (including phenoxy) is 1. The largest absolute Gasteiger partial charge is 0.444 e. The molecule has 0 saturated carbocycles. The summed E-state index contributed by atoms with van der Waals surface area (Å²) in [6, 6.07) is 2.83. The van der Waals surface area contributed by atoms with Crippen molar-refractivity contribution in [1.82, 2.24) is 5.32 Å². The first kappa shape index (κ1) is 19.1. The van der Waals surface area contributed by atoms with E-state index < -0.39 is 17.2 Å². The summed E-state index contributed by atoms with van der Waals surface area (Å²) in [5, 5.41) is 3.06. The molecule has 0 radical (unpaired) electrons. The van der Waals surface area contributed by atoms with Gasteiger partial charge >= 0.3 is 6.09 Å². The molecule has 7 heteroatoms. The minimum Gasteiger partial charge on any atom is -0.444 e. The number of rotatable bonds is 3. The lowest BCUT2D eigenvalue weighted by molar-refractivity contribution is 0.0454. The zero-order valence-corrected chi connectivity index (χ0v) is 15.3. The van der Waals surface area contributed by atoms with E-state index in [1.165, 1.54) is 12.1 Å². The summed E-state index contributed by atoms with van der Waals surface area (Å²) in [6.45, 7) is 8.34. The Balaban J connectivity index is 2.98. The molecule has 0 aromatic heterocycles. The number of ketones is 1. The van der Waals surface area contributed by atoms with E-state index in [2.05, 4.69) is 5.32 Å². The lowest BCUT2D eigenvalue weighted by atomic mass is 9.93. The number of carbonyl (C=O) groups excluding carboxylic acids is 2. The van der Waals surface area contributed by atoms with Gasteiger partial charge in [0, 0.05) is 5.56 Å². The van der Waals surface area contributed by atoms with Gasteiger partial charge in [-0.05, 0) is 46.8 Å². The average molecular weight is 367 g/mol. The first-order valence-corrected chi connectivity index (χ1v) is 7.67. The van der Waals surface area contributed by atoms with Crippen LogP contribution in [0.1, 0.15) is 45.0 Å². The molecule has 22 heavy (non-hydrogen) atoms. The SMILES string of the molecule is CC(C)(C)OC(=O)NC(C)(C)C(=O)c1cc(Cl)c(Cl)c(Cl)c1. The highest BCUT2D eigenvalue weighted by molar-refractivity contribution is 6.48. The van der Waals surface area contributed by atoms with Crippen LogP contribution >= 0.6 is 34.8 Å². The number of alkyl carbamates (subject to hydrolysis) is 1. The van der Waals surface area contributed by atoms with Crippen molar-refractivity contribution in [1.29, 1.82) is 0 Å². The second-order valence-electron chi connectivity index (χ2n) is 6.33. The molecule has 1 rings (SSSR count). The Kier molecular flexibility index (Phi) is 5.77. The first-order chi connectivity index (χ1) is 9.83. The van der Waals surface area contributed by atoms with Crippen LogP contribution in [0.5, 0.6) is 0 Å². The minimum atomic E-state index is -1.19. The number of hydrogen-bond donors (Lipinski definition) is 1. The van der Waals surface area contributed by atoms with Gasteiger partial charge in [0.2, 0.25) is 0 Å². The van der Waals surface area contributed by atoms with Gasteiger partial charge in [0.15, 0.2) is 5.78 Å². The molecule has 0 spiro atoms. The van der Waals surface area contributed by atoms with Gasteiger partial charge in [-0.25, -0.2) is 4.79 Å². The Morgan fingerprint density at radius 3 is 1.86 bits per heavy atom. The number of Topliss-reactive ketones (excluding diaryl/α,β-unsaturated/α-hetero) is 1. The third kappa shape index (κ3) is 5.04. The van der Waals surface area contributed by atoms with Crippen LogP contribution in [0.2, 0.25) is 15.1 Å². The van der Waals surface area contributed by atoms with Gasteiger partial charge in [-0.2, -0.15) is 0 Å². The molecule has 4 nitrogen and oxygen atoms in total. The molecule has 1 amide bonds. The quantitative estimate of drug-likeness (QED) is 0.595. The average Bonchev–Trinajstić information content (AvgIpc) is 2.31. The highest BCUT2D eigenvalue weighted by atomic mass is 35.5. The van der Waals surface area contributed by atoms with Crippen LogP contribution in [0.3, 0.4) is 0 Å². The van der Waals surface area contributed by atoms with Crippen LogP contribution in [0.25, 0.3) is 0 Å². The van der Waals surface area contributed by atoms with Crippen LogP contribution in [0.4, 0.5) is 4.79 Å². The molecule has 0 aliphatic carbocycles. The van der Waals surface area contributed by atoms with Crippen LogP contribution in [-0.2, 0) is 4.74 Å². The van der Waals surface area contributed by atoms with Crippen molar-refractivity contribution in [3.63, 3.8) is 0 Å². The van der Waals surface area contributed by atoms with Crippen LogP contribution in [0, 0.1) is 0 Å². The Morgan fingerprint density at radius 2 is 1.45 bits per heavy atom. The summed E-state index contributed by atoms with van der Waals surface area (Å²) in [5.41, 5.74) is -1.60. The summed E-state index contributed by atoms with van der Waals surface area (Å²) in [7, 11) is 0. The molecule has 0 atom stereocenters. The van der Waals surface area contributed by atoms with E-state index in [9.17, 15) is 9.59 Å². The highest BCUT2D eigenvalue weighted by Gasteiger charge is 2.32. The lowest BCUT2D eigenvalue weighted by Gasteiger charge is -2.27. The maximum Gasteiger partial charge on any atom is 0.408 e. The summed E-state index contributed by atoms with van der Waals surface area (Å²) < 4.78 is 5.15. The van der Waals surface area contributed by atoms with E-state index in [0.717, 1.165) is 0 Å². The molecule has 0 aliphatic heterocycles. The topological polar surface area (TPSA) is 55.4 Å². The van der Waals surface area contributed by atoms with Crippen LogP contribution < -0.4 is 5.32 Å². The van der Waals surface area contributed by atoms with Crippen LogP contribution in [0.15, 0.2) is 12.1 Å². The summed E-state index contributed by atoms with van der Waals surface area (Å²) >= 11 is 17.7. The number of benzene rings is 1. The standard InChI is InChI=1S/C15H18Cl3NO3/c1-14(2,3)22-13(21)19-15(4,5)12(20)8-6-9(16)11(18)10(17)7-8/h6-7H,1-5H3,(H,19,21). The van der Waals surface area contributed by atoms with E-state index in [1.807, 2.05) is 0 Å². The van der Waals surface area contributed by atoms with Gasteiger partial charge in [-0.1, -0.05) is 34.8 Å². The fourth-order valence-corrected chi connectivity index (χ4v) is 2.26. The number of hydrogen-bond acceptors (Lipinski definition) is 3. The zero-order valence-electron chi connectivity index (χ0n) is 13.0. The van der Waals surface area contributed by atoms with Crippen molar-refractivity contribution in [3.8, 4) is 0 Å². The predicted octanol–water partition coefficient (Wildman–Crippen LogP) is 5.13. The molecule has 0 fully saturated rings. The maximum absolute atomic E-state index is 12.6. The normalized spacial score (nSPS) is 12.0. The maximum atomic E-state index is 12.6. The lowest BCUT2D eigenvalue weighted by Crippen LogP contribution is -2.51. The third-order valence-corrected chi connectivity index (χ3v) is 3.82. The van der Waals surface area contributed by atoms with Crippen molar-refractivity contribution in [2.45, 2.75) is 45.8 Å². The highest BCUT2D eigenvalue weighted by Crippen LogP contribution is 2.32. The van der Waals surface area contributed by atoms with E-state index in [-0.39, 0.29) is 26.4 Å². The number of nitrogens with one attached hydrogen (secondary N) is 1. The molecule has 0 aliphatic rings. The molecule has 0 saturated heterocycles. The fraction of sp³-hybridized carbons (Fsp3) is 0.467. The Hall–Kier alpha value is -0.970. The number of amides is 1. The summed E-state index contributed by atoms with van der Waals surface area (Å²) in [4.78, 5) is 24.4. The van der Waals surface area contributed by atoms with E-state index in [4.69, 9.17) is 39.5 Å². The zero-order chi connectivity index (χ0) is 17.3. The monoisotopic (exact) mass is 365 g/mol. The van der Waals surface area contributed by atoms with Gasteiger partial charge < -0.3 is 10.1 Å². The Labute approximate surface area is 145 Å². The molecular formula is C15H18Cl3NO3. The van der Waals surface area contributed by atoms with Crippen molar-refractivity contribution in [3.05, 3.63) is 32.8 Å². The molecular weight excluding hydrogens is 349 g/mol. The van der Waals surface area contributed by atoms with Gasteiger partial charge in [0.25, 0.3) is 0 Å². The predicted molar refractivity (Wildman–Crippen MR) is 89.3 cm³/mol. The summed E-state index contributed by atoms with van der Waals surface area (Å²) in [6.07, 6.45) is -0.683. The molecule has 122 valence electrons. The molecule has 0 bridgehead atoms. The van der Waals surface area contributed by atoms with Gasteiger partial charge in [-0.3, -0.25) is 4.79 Å². The first-order valence-electron chi connectivity index (χ1n) is 6.54. The van der Waals surface area contributed by atoms with Crippen molar-refractivity contribution < 1.29 is 14.3 Å². The van der Waals surface area contributed by atoms with Crippen molar-refractivity contribution >= 4 is 46.7 Å². The van der Waals surface area contributed by atoms with Gasteiger partial charge in [0.1, 0.15) is 11.1 Å². The molecule has 1 N–H and O–H groups in total. The molecule has 0 unspecified atom stereocenters. The molecule has 1 aromatic rings. The third-order valence-electron chi connectivity index (χ3n) is 2.63.